The molecule has 0 radical (unpaired) electrons. The van der Waals surface area contributed by atoms with E-state index in [0.717, 1.165) is 43.4 Å². The summed E-state index contributed by atoms with van der Waals surface area (Å²) in [5, 5.41) is 5.23. The van der Waals surface area contributed by atoms with E-state index in [-0.39, 0.29) is 17.8 Å². The molecule has 0 unspecified atom stereocenters. The van der Waals surface area contributed by atoms with E-state index in [1.165, 1.54) is 39.2 Å². The number of hydrogen-bond acceptors (Lipinski definition) is 5. The second-order valence-electron chi connectivity index (χ2n) is 7.47. The first kappa shape index (κ1) is 22.0. The summed E-state index contributed by atoms with van der Waals surface area (Å²) in [6.07, 6.45) is 0.622. The third-order valence-corrected chi connectivity index (χ3v) is 6.38. The van der Waals surface area contributed by atoms with Crippen molar-refractivity contribution in [3.05, 3.63) is 57.0 Å². The number of benzene rings is 1. The minimum atomic E-state index is -4.53. The van der Waals surface area contributed by atoms with Crippen LogP contribution in [-0.2, 0) is 35.2 Å². The molecule has 0 saturated carbocycles. The van der Waals surface area contributed by atoms with E-state index in [2.05, 4.69) is 15.6 Å². The van der Waals surface area contributed by atoms with Crippen LogP contribution in [0, 0.1) is 0 Å². The number of nitrogens with one attached hydrogen (secondary N) is 2. The monoisotopic (exact) mass is 464 g/mol. The molecule has 1 aliphatic carbocycles. The van der Waals surface area contributed by atoms with E-state index >= 15 is 0 Å². The minimum Gasteiger partial charge on any atom is -0.345 e. The Morgan fingerprint density at radius 3 is 2.72 bits per heavy atom. The van der Waals surface area contributed by atoms with Gasteiger partial charge in [0.2, 0.25) is 11.8 Å². The Bertz CT molecular complexity index is 1250. The van der Waals surface area contributed by atoms with E-state index in [9.17, 15) is 27.6 Å². The van der Waals surface area contributed by atoms with E-state index in [0.29, 0.717) is 10.2 Å². The molecule has 4 rings (SSSR count). The maximum absolute atomic E-state index is 12.9. The van der Waals surface area contributed by atoms with Crippen LogP contribution in [0.1, 0.15) is 28.8 Å². The van der Waals surface area contributed by atoms with Crippen molar-refractivity contribution in [2.45, 2.75) is 38.4 Å². The molecular weight excluding hydrogens is 445 g/mol. The molecule has 0 atom stereocenters. The van der Waals surface area contributed by atoms with Gasteiger partial charge in [0.05, 0.1) is 23.8 Å². The van der Waals surface area contributed by atoms with Gasteiger partial charge in [-0.05, 0) is 49.4 Å². The van der Waals surface area contributed by atoms with Crippen LogP contribution in [0.5, 0.6) is 0 Å². The van der Waals surface area contributed by atoms with E-state index in [1.54, 1.807) is 0 Å². The number of carbonyl (C=O) groups excluding carboxylic acids is 2. The summed E-state index contributed by atoms with van der Waals surface area (Å²) >= 11 is 1.51. The number of halogens is 3. The fraction of sp³-hybridized carbons (Fsp3) is 0.333. The zero-order chi connectivity index (χ0) is 22.9. The number of hydrogen-bond donors (Lipinski definition) is 2. The molecule has 11 heteroatoms. The van der Waals surface area contributed by atoms with Crippen LogP contribution in [0.4, 0.5) is 18.9 Å². The molecular formula is C21H19F3N4O3S. The lowest BCUT2D eigenvalue weighted by Crippen LogP contribution is -2.37. The molecule has 0 bridgehead atoms. The standard InChI is InChI=1S/C21H19F3N4O3S/c22-21(23,24)12-4-3-5-13(8-12)27-16(29)9-25-17(30)10-28-11-26-19-18(20(28)31)14-6-1-2-7-15(14)32-19/h3-5,8,11H,1-2,6-7,9-10H2,(H,25,30)(H,27,29). The summed E-state index contributed by atoms with van der Waals surface area (Å²) in [5.41, 5.74) is -0.202. The highest BCUT2D eigenvalue weighted by molar-refractivity contribution is 7.18. The van der Waals surface area contributed by atoms with Crippen molar-refractivity contribution in [1.29, 1.82) is 0 Å². The molecule has 0 saturated heterocycles. The van der Waals surface area contributed by atoms with Gasteiger partial charge in [-0.2, -0.15) is 13.2 Å². The molecule has 1 aromatic carbocycles. The zero-order valence-corrected chi connectivity index (χ0v) is 17.6. The number of amides is 2. The Morgan fingerprint density at radius 2 is 1.94 bits per heavy atom. The molecule has 3 aromatic rings. The molecule has 2 heterocycles. The molecule has 7 nitrogen and oxygen atoms in total. The summed E-state index contributed by atoms with van der Waals surface area (Å²) in [7, 11) is 0. The third kappa shape index (κ3) is 4.67. The first-order valence-corrected chi connectivity index (χ1v) is 10.8. The van der Waals surface area contributed by atoms with Crippen molar-refractivity contribution in [2.24, 2.45) is 0 Å². The Hall–Kier alpha value is -3.21. The summed E-state index contributed by atoms with van der Waals surface area (Å²) in [6, 6.07) is 4.19. The van der Waals surface area contributed by atoms with Gasteiger partial charge in [-0.15, -0.1) is 11.3 Å². The second kappa shape index (κ2) is 8.73. The summed E-state index contributed by atoms with van der Waals surface area (Å²) in [5.74, 6) is -1.28. The number of aryl methyl sites for hydroxylation is 2. The lowest BCUT2D eigenvalue weighted by Gasteiger charge is -2.11. The van der Waals surface area contributed by atoms with Crippen molar-refractivity contribution in [1.82, 2.24) is 14.9 Å². The van der Waals surface area contributed by atoms with Gasteiger partial charge in [-0.3, -0.25) is 19.0 Å². The highest BCUT2D eigenvalue weighted by atomic mass is 32.1. The Labute approximate surface area is 184 Å². The maximum Gasteiger partial charge on any atom is 0.416 e. The minimum absolute atomic E-state index is 0.0350. The highest BCUT2D eigenvalue weighted by Crippen LogP contribution is 2.33. The van der Waals surface area contributed by atoms with E-state index in [1.807, 2.05) is 0 Å². The average molecular weight is 464 g/mol. The molecule has 0 spiro atoms. The van der Waals surface area contributed by atoms with Crippen LogP contribution >= 0.6 is 11.3 Å². The third-order valence-electron chi connectivity index (χ3n) is 5.18. The number of fused-ring (bicyclic) bond motifs is 3. The van der Waals surface area contributed by atoms with Gasteiger partial charge in [-0.1, -0.05) is 6.07 Å². The molecule has 2 amide bonds. The van der Waals surface area contributed by atoms with Gasteiger partial charge in [0.25, 0.3) is 5.56 Å². The quantitative estimate of drug-likeness (QED) is 0.607. The van der Waals surface area contributed by atoms with Gasteiger partial charge in [0.1, 0.15) is 11.4 Å². The van der Waals surface area contributed by atoms with E-state index < -0.39 is 30.1 Å². The van der Waals surface area contributed by atoms with Crippen LogP contribution in [-0.4, -0.2) is 27.9 Å². The Kier molecular flexibility index (Phi) is 6.00. The summed E-state index contributed by atoms with van der Waals surface area (Å²) in [6.45, 7) is -0.767. The van der Waals surface area contributed by atoms with Gasteiger partial charge in [-0.25, -0.2) is 4.98 Å². The molecule has 2 N–H and O–H groups in total. The normalized spacial score (nSPS) is 13.6. The van der Waals surface area contributed by atoms with Crippen molar-refractivity contribution in [3.63, 3.8) is 0 Å². The van der Waals surface area contributed by atoms with E-state index in [4.69, 9.17) is 0 Å². The zero-order valence-electron chi connectivity index (χ0n) is 16.8. The Morgan fingerprint density at radius 1 is 1.16 bits per heavy atom. The largest absolute Gasteiger partial charge is 0.416 e. The SMILES string of the molecule is O=C(Cn1cnc2sc3c(c2c1=O)CCCC3)NCC(=O)Nc1cccc(C(F)(F)F)c1. The molecule has 2 aromatic heterocycles. The van der Waals surface area contributed by atoms with Gasteiger partial charge < -0.3 is 10.6 Å². The van der Waals surface area contributed by atoms with Crippen LogP contribution in [0.15, 0.2) is 35.4 Å². The number of aromatic nitrogens is 2. The number of anilines is 1. The average Bonchev–Trinajstić information content (AvgIpc) is 3.13. The van der Waals surface area contributed by atoms with Crippen molar-refractivity contribution in [3.8, 4) is 0 Å². The fourth-order valence-electron chi connectivity index (χ4n) is 3.66. The van der Waals surface area contributed by atoms with Crippen molar-refractivity contribution >= 4 is 39.1 Å². The smallest absolute Gasteiger partial charge is 0.345 e. The van der Waals surface area contributed by atoms with Crippen molar-refractivity contribution in [2.75, 3.05) is 11.9 Å². The molecule has 32 heavy (non-hydrogen) atoms. The predicted octanol–water partition coefficient (Wildman–Crippen LogP) is 3.11. The van der Waals surface area contributed by atoms with Crippen LogP contribution in [0.25, 0.3) is 10.2 Å². The topological polar surface area (TPSA) is 93.1 Å². The number of thiophene rings is 1. The molecule has 0 fully saturated rings. The first-order valence-electron chi connectivity index (χ1n) is 9.96. The first-order chi connectivity index (χ1) is 15.2. The lowest BCUT2D eigenvalue weighted by molar-refractivity contribution is -0.137. The van der Waals surface area contributed by atoms with Crippen LogP contribution < -0.4 is 16.2 Å². The van der Waals surface area contributed by atoms with Crippen LogP contribution in [0.2, 0.25) is 0 Å². The molecule has 1 aliphatic rings. The van der Waals surface area contributed by atoms with Gasteiger partial charge >= 0.3 is 6.18 Å². The number of rotatable bonds is 5. The predicted molar refractivity (Wildman–Crippen MR) is 114 cm³/mol. The highest BCUT2D eigenvalue weighted by Gasteiger charge is 2.30. The summed E-state index contributed by atoms with van der Waals surface area (Å²) in [4.78, 5) is 43.3. The fourth-order valence-corrected chi connectivity index (χ4v) is 4.88. The van der Waals surface area contributed by atoms with Gasteiger partial charge in [0.15, 0.2) is 0 Å². The van der Waals surface area contributed by atoms with Crippen molar-refractivity contribution < 1.29 is 22.8 Å². The van der Waals surface area contributed by atoms with Gasteiger partial charge in [0, 0.05) is 10.6 Å². The number of carbonyl (C=O) groups is 2. The molecule has 0 aliphatic heterocycles. The number of alkyl halides is 3. The lowest BCUT2D eigenvalue weighted by atomic mass is 9.97. The number of nitrogens with zero attached hydrogens (tertiary/aromatic N) is 2. The summed E-state index contributed by atoms with van der Waals surface area (Å²) < 4.78 is 39.5. The Balaban J connectivity index is 1.38. The van der Waals surface area contributed by atoms with Crippen LogP contribution in [0.3, 0.4) is 0 Å². The second-order valence-corrected chi connectivity index (χ2v) is 8.56. The maximum atomic E-state index is 12.9. The molecule has 168 valence electrons.